The third-order valence-electron chi connectivity index (χ3n) is 3.80. The SMILES string of the molecule is CCNC(=NCc1cccc(C)c1)NCCc1ccc(O)c(OC)c1.I. The fourth-order valence-corrected chi connectivity index (χ4v) is 2.53. The van der Waals surface area contributed by atoms with E-state index in [4.69, 9.17) is 4.74 Å². The summed E-state index contributed by atoms with van der Waals surface area (Å²) in [6.45, 7) is 6.33. The molecule has 142 valence electrons. The number of hydrogen-bond acceptors (Lipinski definition) is 3. The molecule has 0 aliphatic heterocycles. The molecule has 6 heteroatoms. The first-order valence-electron chi connectivity index (χ1n) is 8.56. The van der Waals surface area contributed by atoms with Gasteiger partial charge in [-0.15, -0.1) is 24.0 Å². The molecule has 0 bridgehead atoms. The summed E-state index contributed by atoms with van der Waals surface area (Å²) in [4.78, 5) is 4.63. The number of benzene rings is 2. The molecule has 5 nitrogen and oxygen atoms in total. The van der Waals surface area contributed by atoms with Crippen LogP contribution in [0.3, 0.4) is 0 Å². The largest absolute Gasteiger partial charge is 0.504 e. The highest BCUT2D eigenvalue weighted by atomic mass is 127. The van der Waals surface area contributed by atoms with Gasteiger partial charge in [-0.05, 0) is 43.5 Å². The fraction of sp³-hybridized carbons (Fsp3) is 0.350. The second-order valence-corrected chi connectivity index (χ2v) is 5.87. The summed E-state index contributed by atoms with van der Waals surface area (Å²) in [5.74, 6) is 1.46. The van der Waals surface area contributed by atoms with Gasteiger partial charge in [0, 0.05) is 13.1 Å². The molecular weight excluding hydrogens is 441 g/mol. The molecule has 0 atom stereocenters. The van der Waals surface area contributed by atoms with E-state index in [2.05, 4.69) is 53.7 Å². The normalized spacial score (nSPS) is 10.8. The summed E-state index contributed by atoms with van der Waals surface area (Å²) < 4.78 is 5.14. The molecule has 0 radical (unpaired) electrons. The number of aromatic hydroxyl groups is 1. The molecule has 2 aromatic rings. The first-order chi connectivity index (χ1) is 12.1. The number of phenols is 1. The zero-order valence-corrected chi connectivity index (χ0v) is 17.9. The molecule has 3 N–H and O–H groups in total. The molecule has 0 aliphatic carbocycles. The molecule has 0 heterocycles. The Kier molecular flexibility index (Phi) is 9.87. The minimum atomic E-state index is 0. The van der Waals surface area contributed by atoms with Crippen molar-refractivity contribution in [3.8, 4) is 11.5 Å². The van der Waals surface area contributed by atoms with Crippen molar-refractivity contribution in [2.75, 3.05) is 20.2 Å². The van der Waals surface area contributed by atoms with Crippen LogP contribution in [0.25, 0.3) is 0 Å². The zero-order valence-electron chi connectivity index (χ0n) is 15.6. The second-order valence-electron chi connectivity index (χ2n) is 5.87. The summed E-state index contributed by atoms with van der Waals surface area (Å²) >= 11 is 0. The first-order valence-corrected chi connectivity index (χ1v) is 8.56. The average molecular weight is 469 g/mol. The Morgan fingerprint density at radius 1 is 1.12 bits per heavy atom. The maximum atomic E-state index is 9.65. The number of nitrogens with zero attached hydrogens (tertiary/aromatic N) is 1. The van der Waals surface area contributed by atoms with E-state index >= 15 is 0 Å². The van der Waals surface area contributed by atoms with Crippen LogP contribution in [0.1, 0.15) is 23.6 Å². The van der Waals surface area contributed by atoms with Gasteiger partial charge in [0.2, 0.25) is 0 Å². The lowest BCUT2D eigenvalue weighted by Crippen LogP contribution is -2.38. The predicted octanol–water partition coefficient (Wildman–Crippen LogP) is 3.63. The maximum Gasteiger partial charge on any atom is 0.191 e. The van der Waals surface area contributed by atoms with Crippen LogP contribution in [0.4, 0.5) is 0 Å². The van der Waals surface area contributed by atoms with Crippen LogP contribution in [-0.4, -0.2) is 31.3 Å². The third-order valence-corrected chi connectivity index (χ3v) is 3.80. The summed E-state index contributed by atoms with van der Waals surface area (Å²) in [6, 6.07) is 13.8. The molecule has 26 heavy (non-hydrogen) atoms. The Hall–Kier alpha value is -1.96. The lowest BCUT2D eigenvalue weighted by molar-refractivity contribution is 0.373. The van der Waals surface area contributed by atoms with E-state index in [-0.39, 0.29) is 29.7 Å². The average Bonchev–Trinajstić information content (AvgIpc) is 2.61. The first kappa shape index (κ1) is 22.1. The van der Waals surface area contributed by atoms with Gasteiger partial charge in [-0.3, -0.25) is 0 Å². The molecule has 2 aromatic carbocycles. The highest BCUT2D eigenvalue weighted by Crippen LogP contribution is 2.26. The van der Waals surface area contributed by atoms with Crippen LogP contribution in [-0.2, 0) is 13.0 Å². The van der Waals surface area contributed by atoms with Crippen molar-refractivity contribution in [1.29, 1.82) is 0 Å². The molecular formula is C20H28IN3O2. The van der Waals surface area contributed by atoms with E-state index in [0.717, 1.165) is 31.0 Å². The van der Waals surface area contributed by atoms with Crippen molar-refractivity contribution >= 4 is 29.9 Å². The van der Waals surface area contributed by atoms with Crippen molar-refractivity contribution in [1.82, 2.24) is 10.6 Å². The minimum Gasteiger partial charge on any atom is -0.504 e. The highest BCUT2D eigenvalue weighted by molar-refractivity contribution is 14.0. The van der Waals surface area contributed by atoms with E-state index in [1.54, 1.807) is 13.2 Å². The van der Waals surface area contributed by atoms with Gasteiger partial charge >= 0.3 is 0 Å². The molecule has 0 amide bonds. The van der Waals surface area contributed by atoms with Gasteiger partial charge in [-0.2, -0.15) is 0 Å². The van der Waals surface area contributed by atoms with E-state index in [0.29, 0.717) is 12.3 Å². The second kappa shape index (κ2) is 11.6. The zero-order chi connectivity index (χ0) is 18.1. The summed E-state index contributed by atoms with van der Waals surface area (Å²) in [5, 5.41) is 16.2. The molecule has 2 rings (SSSR count). The van der Waals surface area contributed by atoms with Gasteiger partial charge in [0.25, 0.3) is 0 Å². The summed E-state index contributed by atoms with van der Waals surface area (Å²) in [7, 11) is 1.55. The van der Waals surface area contributed by atoms with Gasteiger partial charge in [0.1, 0.15) is 0 Å². The predicted molar refractivity (Wildman–Crippen MR) is 118 cm³/mol. The van der Waals surface area contributed by atoms with E-state index in [1.807, 2.05) is 12.1 Å². The Morgan fingerprint density at radius 2 is 1.92 bits per heavy atom. The Bertz CT molecular complexity index is 720. The number of aliphatic imine (C=N–C) groups is 1. The fourth-order valence-electron chi connectivity index (χ4n) is 2.53. The van der Waals surface area contributed by atoms with Crippen molar-refractivity contribution in [2.45, 2.75) is 26.8 Å². The van der Waals surface area contributed by atoms with E-state index < -0.39 is 0 Å². The van der Waals surface area contributed by atoms with Gasteiger partial charge in [0.05, 0.1) is 13.7 Å². The van der Waals surface area contributed by atoms with Crippen molar-refractivity contribution in [2.24, 2.45) is 4.99 Å². The summed E-state index contributed by atoms with van der Waals surface area (Å²) in [6.07, 6.45) is 0.811. The monoisotopic (exact) mass is 469 g/mol. The van der Waals surface area contributed by atoms with E-state index in [1.165, 1.54) is 11.1 Å². The number of nitrogens with one attached hydrogen (secondary N) is 2. The van der Waals surface area contributed by atoms with Crippen molar-refractivity contribution in [3.05, 3.63) is 59.2 Å². The van der Waals surface area contributed by atoms with Crippen molar-refractivity contribution < 1.29 is 9.84 Å². The molecule has 0 spiro atoms. The number of aryl methyl sites for hydroxylation is 1. The number of halogens is 1. The standard InChI is InChI=1S/C20H27N3O2.HI/c1-4-21-20(23-14-17-7-5-6-15(2)12-17)22-11-10-16-8-9-18(24)19(13-16)25-3;/h5-9,12-13,24H,4,10-11,14H2,1-3H3,(H2,21,22,23);1H. The van der Waals surface area contributed by atoms with Crippen LogP contribution >= 0.6 is 24.0 Å². The van der Waals surface area contributed by atoms with Crippen LogP contribution in [0, 0.1) is 6.92 Å². The van der Waals surface area contributed by atoms with Crippen LogP contribution < -0.4 is 15.4 Å². The molecule has 0 aromatic heterocycles. The Morgan fingerprint density at radius 3 is 2.62 bits per heavy atom. The Balaban J connectivity index is 0.00000338. The maximum absolute atomic E-state index is 9.65. The number of rotatable bonds is 7. The van der Waals surface area contributed by atoms with Gasteiger partial charge in [-0.1, -0.05) is 35.9 Å². The number of guanidine groups is 1. The minimum absolute atomic E-state index is 0. The van der Waals surface area contributed by atoms with Crippen LogP contribution in [0.15, 0.2) is 47.5 Å². The van der Waals surface area contributed by atoms with Gasteiger partial charge < -0.3 is 20.5 Å². The van der Waals surface area contributed by atoms with Crippen LogP contribution in [0.2, 0.25) is 0 Å². The van der Waals surface area contributed by atoms with Crippen LogP contribution in [0.5, 0.6) is 11.5 Å². The lowest BCUT2D eigenvalue weighted by Gasteiger charge is -2.12. The lowest BCUT2D eigenvalue weighted by atomic mass is 10.1. The Labute approximate surface area is 172 Å². The van der Waals surface area contributed by atoms with Gasteiger partial charge in [-0.25, -0.2) is 4.99 Å². The number of ether oxygens (including phenoxy) is 1. The van der Waals surface area contributed by atoms with Gasteiger partial charge in [0.15, 0.2) is 17.5 Å². The summed E-state index contributed by atoms with van der Waals surface area (Å²) in [5.41, 5.74) is 3.53. The molecule has 0 saturated carbocycles. The smallest absolute Gasteiger partial charge is 0.191 e. The number of methoxy groups -OCH3 is 1. The number of phenolic OH excluding ortho intramolecular Hbond substituents is 1. The molecule has 0 unspecified atom stereocenters. The molecule has 0 aliphatic rings. The van der Waals surface area contributed by atoms with Crippen molar-refractivity contribution in [3.63, 3.8) is 0 Å². The van der Waals surface area contributed by atoms with E-state index in [9.17, 15) is 5.11 Å². The quantitative estimate of drug-likeness (QED) is 0.329. The topological polar surface area (TPSA) is 65.9 Å². The molecule has 0 fully saturated rings. The molecule has 0 saturated heterocycles. The highest BCUT2D eigenvalue weighted by Gasteiger charge is 2.03. The third kappa shape index (κ3) is 7.11. The number of hydrogen-bond donors (Lipinski definition) is 3.